The van der Waals surface area contributed by atoms with Crippen LogP contribution < -0.4 is 5.32 Å². The number of H-pyrrole nitrogens is 1. The van der Waals surface area contributed by atoms with Crippen molar-refractivity contribution in [2.24, 2.45) is 5.41 Å². The second kappa shape index (κ2) is 6.32. The standard InChI is InChI=1S/C17H22N6O/c24-15(23-9-1-4-17(12-23)5-8-19-11-17)10-14-20-16(22-21-14)13-2-6-18-7-3-13/h2-3,6-7,19H,1,4-5,8-12H2,(H,20,21,22)/t17-/m0/s1. The first-order valence-electron chi connectivity index (χ1n) is 8.54. The summed E-state index contributed by atoms with van der Waals surface area (Å²) in [7, 11) is 0. The number of pyridine rings is 1. The number of amides is 1. The third-order valence-electron chi connectivity index (χ3n) is 5.14. The Morgan fingerprint density at radius 1 is 1.29 bits per heavy atom. The molecule has 2 aliphatic heterocycles. The van der Waals surface area contributed by atoms with Crippen molar-refractivity contribution in [3.8, 4) is 11.4 Å². The number of hydrogen-bond acceptors (Lipinski definition) is 5. The first-order chi connectivity index (χ1) is 11.7. The zero-order valence-corrected chi connectivity index (χ0v) is 13.7. The van der Waals surface area contributed by atoms with Gasteiger partial charge in [0.05, 0.1) is 6.42 Å². The highest BCUT2D eigenvalue weighted by molar-refractivity contribution is 5.78. The van der Waals surface area contributed by atoms with Gasteiger partial charge in [-0.3, -0.25) is 14.9 Å². The van der Waals surface area contributed by atoms with E-state index in [1.165, 1.54) is 12.8 Å². The minimum Gasteiger partial charge on any atom is -0.342 e. The number of nitrogens with one attached hydrogen (secondary N) is 2. The molecule has 0 aromatic carbocycles. The summed E-state index contributed by atoms with van der Waals surface area (Å²) in [5.74, 6) is 1.37. The fourth-order valence-electron chi connectivity index (χ4n) is 3.82. The molecule has 126 valence electrons. The molecule has 2 aromatic heterocycles. The Hall–Kier alpha value is -2.28. The van der Waals surface area contributed by atoms with Crippen molar-refractivity contribution in [1.82, 2.24) is 30.4 Å². The molecular weight excluding hydrogens is 304 g/mol. The van der Waals surface area contributed by atoms with E-state index in [2.05, 4.69) is 25.5 Å². The molecule has 4 rings (SSSR count). The molecule has 0 saturated carbocycles. The number of aromatic nitrogens is 4. The van der Waals surface area contributed by atoms with Gasteiger partial charge < -0.3 is 10.2 Å². The fraction of sp³-hybridized carbons (Fsp3) is 0.529. The van der Waals surface area contributed by atoms with Crippen molar-refractivity contribution in [1.29, 1.82) is 0 Å². The van der Waals surface area contributed by atoms with E-state index >= 15 is 0 Å². The smallest absolute Gasteiger partial charge is 0.230 e. The molecule has 4 heterocycles. The predicted octanol–water partition coefficient (Wildman–Crippen LogP) is 1.01. The second-order valence-electron chi connectivity index (χ2n) is 6.86. The van der Waals surface area contributed by atoms with Gasteiger partial charge >= 0.3 is 0 Å². The maximum absolute atomic E-state index is 12.7. The maximum atomic E-state index is 12.7. The van der Waals surface area contributed by atoms with Crippen molar-refractivity contribution in [3.63, 3.8) is 0 Å². The number of aromatic amines is 1. The van der Waals surface area contributed by atoms with Gasteiger partial charge in [-0.1, -0.05) is 0 Å². The van der Waals surface area contributed by atoms with E-state index in [0.717, 1.165) is 38.2 Å². The summed E-state index contributed by atoms with van der Waals surface area (Å²) in [6, 6.07) is 3.71. The van der Waals surface area contributed by atoms with E-state index in [0.29, 0.717) is 11.6 Å². The lowest BCUT2D eigenvalue weighted by Crippen LogP contribution is -2.47. The summed E-state index contributed by atoms with van der Waals surface area (Å²) < 4.78 is 0. The lowest BCUT2D eigenvalue weighted by Gasteiger charge is -2.40. The van der Waals surface area contributed by atoms with Crippen LogP contribution in [-0.2, 0) is 11.2 Å². The summed E-state index contributed by atoms with van der Waals surface area (Å²) >= 11 is 0. The van der Waals surface area contributed by atoms with Gasteiger partial charge in [-0.25, -0.2) is 4.98 Å². The van der Waals surface area contributed by atoms with Crippen LogP contribution in [0, 0.1) is 5.41 Å². The molecule has 0 bridgehead atoms. The van der Waals surface area contributed by atoms with Gasteiger partial charge in [-0.2, -0.15) is 5.10 Å². The minimum atomic E-state index is 0.137. The predicted molar refractivity (Wildman–Crippen MR) is 89.1 cm³/mol. The lowest BCUT2D eigenvalue weighted by atomic mass is 9.79. The van der Waals surface area contributed by atoms with Gasteiger partial charge in [-0.05, 0) is 37.9 Å². The number of carbonyl (C=O) groups excluding carboxylic acids is 1. The Morgan fingerprint density at radius 2 is 2.17 bits per heavy atom. The Bertz CT molecular complexity index is 707. The van der Waals surface area contributed by atoms with E-state index in [1.807, 2.05) is 17.0 Å². The highest BCUT2D eigenvalue weighted by Crippen LogP contribution is 2.35. The van der Waals surface area contributed by atoms with Crippen LogP contribution in [0.4, 0.5) is 0 Å². The number of piperidine rings is 1. The number of hydrogen-bond donors (Lipinski definition) is 2. The van der Waals surface area contributed by atoms with Gasteiger partial charge in [0.2, 0.25) is 5.91 Å². The number of nitrogens with zero attached hydrogens (tertiary/aromatic N) is 4. The average molecular weight is 326 g/mol. The van der Waals surface area contributed by atoms with Gasteiger partial charge in [0, 0.05) is 43.0 Å². The molecule has 24 heavy (non-hydrogen) atoms. The summed E-state index contributed by atoms with van der Waals surface area (Å²) in [5.41, 5.74) is 1.19. The van der Waals surface area contributed by atoms with Crippen molar-refractivity contribution >= 4 is 5.91 Å². The van der Waals surface area contributed by atoms with Gasteiger partial charge in [0.25, 0.3) is 0 Å². The Morgan fingerprint density at radius 3 is 2.96 bits per heavy atom. The zero-order chi connectivity index (χ0) is 16.4. The minimum absolute atomic E-state index is 0.137. The molecule has 0 unspecified atom stereocenters. The molecule has 2 aliphatic rings. The molecule has 0 aliphatic carbocycles. The maximum Gasteiger partial charge on any atom is 0.230 e. The van der Waals surface area contributed by atoms with Crippen LogP contribution >= 0.6 is 0 Å². The number of carbonyl (C=O) groups is 1. The van der Waals surface area contributed by atoms with Gasteiger partial charge in [-0.15, -0.1) is 0 Å². The molecule has 2 aromatic rings. The molecule has 2 fully saturated rings. The van der Waals surface area contributed by atoms with E-state index in [1.54, 1.807) is 12.4 Å². The van der Waals surface area contributed by atoms with Crippen LogP contribution in [0.3, 0.4) is 0 Å². The largest absolute Gasteiger partial charge is 0.342 e. The highest BCUT2D eigenvalue weighted by atomic mass is 16.2. The number of rotatable bonds is 3. The first kappa shape index (κ1) is 15.3. The first-order valence-corrected chi connectivity index (χ1v) is 8.54. The number of likely N-dealkylation sites (tertiary alicyclic amines) is 1. The monoisotopic (exact) mass is 326 g/mol. The van der Waals surface area contributed by atoms with Crippen molar-refractivity contribution in [2.45, 2.75) is 25.7 Å². The normalized spacial score (nSPS) is 23.8. The summed E-state index contributed by atoms with van der Waals surface area (Å²) in [6.45, 7) is 3.82. The van der Waals surface area contributed by atoms with E-state index in [-0.39, 0.29) is 17.7 Å². The zero-order valence-electron chi connectivity index (χ0n) is 13.7. The third kappa shape index (κ3) is 3.03. The fourth-order valence-corrected chi connectivity index (χ4v) is 3.82. The highest BCUT2D eigenvalue weighted by Gasteiger charge is 2.39. The van der Waals surface area contributed by atoms with Crippen LogP contribution in [0.25, 0.3) is 11.4 Å². The van der Waals surface area contributed by atoms with E-state index in [9.17, 15) is 4.79 Å². The summed E-state index contributed by atoms with van der Waals surface area (Å²) in [6.07, 6.45) is 7.18. The van der Waals surface area contributed by atoms with Crippen molar-refractivity contribution in [2.75, 3.05) is 26.2 Å². The van der Waals surface area contributed by atoms with Crippen LogP contribution in [0.2, 0.25) is 0 Å². The van der Waals surface area contributed by atoms with E-state index < -0.39 is 0 Å². The lowest BCUT2D eigenvalue weighted by molar-refractivity contribution is -0.133. The molecule has 7 nitrogen and oxygen atoms in total. The van der Waals surface area contributed by atoms with Crippen LogP contribution in [0.5, 0.6) is 0 Å². The molecule has 2 saturated heterocycles. The molecule has 1 amide bonds. The average Bonchev–Trinajstić information content (AvgIpc) is 3.26. The van der Waals surface area contributed by atoms with Crippen molar-refractivity contribution < 1.29 is 4.79 Å². The Labute approximate surface area is 140 Å². The van der Waals surface area contributed by atoms with Crippen molar-refractivity contribution in [3.05, 3.63) is 30.4 Å². The second-order valence-corrected chi connectivity index (χ2v) is 6.86. The quantitative estimate of drug-likeness (QED) is 0.879. The molecule has 1 atom stereocenters. The molecule has 2 N–H and O–H groups in total. The Kier molecular flexibility index (Phi) is 4.02. The van der Waals surface area contributed by atoms with Gasteiger partial charge in [0.1, 0.15) is 5.82 Å². The molecule has 1 spiro atoms. The topological polar surface area (TPSA) is 86.8 Å². The van der Waals surface area contributed by atoms with E-state index in [4.69, 9.17) is 0 Å². The SMILES string of the molecule is O=C(Cc1nc(-c2ccncc2)n[nH]1)N1CCC[C@@]2(CCNC2)C1. The third-order valence-corrected chi connectivity index (χ3v) is 5.14. The molecular formula is C17H22N6O. The van der Waals surface area contributed by atoms with Crippen LogP contribution in [-0.4, -0.2) is 57.2 Å². The van der Waals surface area contributed by atoms with Gasteiger partial charge in [0.15, 0.2) is 5.82 Å². The van der Waals surface area contributed by atoms with Crippen LogP contribution in [0.15, 0.2) is 24.5 Å². The Balaban J connectivity index is 1.42. The summed E-state index contributed by atoms with van der Waals surface area (Å²) in [4.78, 5) is 23.1. The molecule has 7 heteroatoms. The van der Waals surface area contributed by atoms with Crippen LogP contribution in [0.1, 0.15) is 25.1 Å². The summed E-state index contributed by atoms with van der Waals surface area (Å²) in [5, 5.41) is 10.5. The molecule has 0 radical (unpaired) electrons.